The van der Waals surface area contributed by atoms with Crippen molar-refractivity contribution in [2.24, 2.45) is 0 Å². The minimum atomic E-state index is 0. The first kappa shape index (κ1) is 14.7. The van der Waals surface area contributed by atoms with Crippen molar-refractivity contribution in [1.82, 2.24) is 6.15 Å². The predicted molar refractivity (Wildman–Crippen MR) is 56.7 cm³/mol. The maximum Gasteiger partial charge on any atom is -0.0230 e. The van der Waals surface area contributed by atoms with Crippen molar-refractivity contribution < 1.29 is 12.4 Å². The normalized spacial score (nSPS) is 8.23. The molecule has 0 atom stereocenters. The van der Waals surface area contributed by atoms with Gasteiger partial charge in [-0.3, -0.25) is 0 Å². The van der Waals surface area contributed by atoms with Crippen LogP contribution in [-0.2, 0) is 0 Å². The van der Waals surface area contributed by atoms with Crippen LogP contribution in [0.1, 0.15) is 22.3 Å². The molecule has 2 heteroatoms. The Hall–Kier alpha value is -0.790. The largest absolute Gasteiger partial charge is 1.00 e. The van der Waals surface area contributed by atoms with E-state index in [1.54, 1.807) is 0 Å². The van der Waals surface area contributed by atoms with Crippen LogP contribution in [0.3, 0.4) is 0 Å². The fourth-order valence-electron chi connectivity index (χ4n) is 1.20. The van der Waals surface area contributed by atoms with E-state index in [1.165, 1.54) is 22.3 Å². The van der Waals surface area contributed by atoms with Gasteiger partial charge in [0.25, 0.3) is 0 Å². The second-order valence-corrected chi connectivity index (χ2v) is 2.93. The highest BCUT2D eigenvalue weighted by Gasteiger charge is 1.98. The summed E-state index contributed by atoms with van der Waals surface area (Å²) in [6, 6.07) is 4.25. The number of hydrogen-bond acceptors (Lipinski definition) is 0. The second-order valence-electron chi connectivity index (χ2n) is 2.93. The van der Waals surface area contributed by atoms with Gasteiger partial charge in [0.1, 0.15) is 0 Å². The van der Waals surface area contributed by atoms with Gasteiger partial charge in [0.05, 0.1) is 0 Å². The molecule has 0 radical (unpaired) electrons. The van der Waals surface area contributed by atoms with Crippen LogP contribution >= 0.6 is 0 Å². The highest BCUT2D eigenvalue weighted by molar-refractivity contribution is 5.55. The topological polar surface area (TPSA) is 36.5 Å². The van der Waals surface area contributed by atoms with Crippen LogP contribution in [0.25, 0.3) is 6.08 Å². The zero-order valence-electron chi connectivity index (χ0n) is 8.82. The lowest BCUT2D eigenvalue weighted by atomic mass is 9.99. The molecule has 0 amide bonds. The Balaban J connectivity index is 0. The third-order valence-corrected chi connectivity index (χ3v) is 2.32. The third-order valence-electron chi connectivity index (χ3n) is 2.32. The molecule has 1 nitrogen and oxygen atoms in total. The van der Waals surface area contributed by atoms with Crippen LogP contribution < -0.4 is 18.6 Å². The molecule has 0 saturated heterocycles. The minimum Gasteiger partial charge on any atom is -1.00 e. The molecule has 0 spiro atoms. The number of halogens is 1. The van der Waals surface area contributed by atoms with Crippen LogP contribution in [-0.4, -0.2) is 0 Å². The van der Waals surface area contributed by atoms with Crippen molar-refractivity contribution in [2.45, 2.75) is 20.8 Å². The molecule has 0 heterocycles. The molecule has 0 bridgehead atoms. The van der Waals surface area contributed by atoms with E-state index in [4.69, 9.17) is 0 Å². The Bertz CT molecular complexity index is 292. The van der Waals surface area contributed by atoms with Crippen LogP contribution in [0.4, 0.5) is 0 Å². The highest BCUT2D eigenvalue weighted by Crippen LogP contribution is 2.17. The van der Waals surface area contributed by atoms with Gasteiger partial charge in [0.15, 0.2) is 0 Å². The fourth-order valence-corrected chi connectivity index (χ4v) is 1.20. The minimum absolute atomic E-state index is 0. The van der Waals surface area contributed by atoms with Crippen LogP contribution in [0, 0.1) is 20.8 Å². The van der Waals surface area contributed by atoms with Crippen LogP contribution in [0.15, 0.2) is 18.7 Å². The van der Waals surface area contributed by atoms with Gasteiger partial charge in [-0.2, -0.15) is 0 Å². The Morgan fingerprint density at radius 2 is 1.62 bits per heavy atom. The SMILES string of the molecule is C=Cc1ccc(C)c(C)c1C.[Cl-].[NH4+]. The highest BCUT2D eigenvalue weighted by atomic mass is 35.5. The molecule has 0 unspecified atom stereocenters. The van der Waals surface area contributed by atoms with E-state index in [1.807, 2.05) is 6.08 Å². The van der Waals surface area contributed by atoms with E-state index in [0.717, 1.165) is 0 Å². The summed E-state index contributed by atoms with van der Waals surface area (Å²) in [6.07, 6.45) is 1.90. The van der Waals surface area contributed by atoms with Gasteiger partial charge in [0, 0.05) is 0 Å². The molecule has 1 rings (SSSR count). The molecule has 0 fully saturated rings. The van der Waals surface area contributed by atoms with Crippen LogP contribution in [0.2, 0.25) is 0 Å². The van der Waals surface area contributed by atoms with Crippen molar-refractivity contribution in [3.05, 3.63) is 41.0 Å². The summed E-state index contributed by atoms with van der Waals surface area (Å²) < 4.78 is 0. The first-order valence-corrected chi connectivity index (χ1v) is 3.86. The quantitative estimate of drug-likeness (QED) is 0.689. The lowest BCUT2D eigenvalue weighted by molar-refractivity contribution is -0.00000289. The molecule has 74 valence electrons. The van der Waals surface area contributed by atoms with E-state index < -0.39 is 0 Å². The average molecular weight is 200 g/mol. The number of hydrogen-bond donors (Lipinski definition) is 1. The van der Waals surface area contributed by atoms with Crippen molar-refractivity contribution in [3.63, 3.8) is 0 Å². The summed E-state index contributed by atoms with van der Waals surface area (Å²) in [5, 5.41) is 0. The number of quaternary nitrogens is 1. The van der Waals surface area contributed by atoms with E-state index in [-0.39, 0.29) is 18.6 Å². The number of rotatable bonds is 1. The molecule has 0 aliphatic heterocycles. The monoisotopic (exact) mass is 199 g/mol. The van der Waals surface area contributed by atoms with E-state index in [9.17, 15) is 0 Å². The summed E-state index contributed by atoms with van der Waals surface area (Å²) in [6.45, 7) is 10.2. The van der Waals surface area contributed by atoms with Gasteiger partial charge in [-0.25, -0.2) is 0 Å². The van der Waals surface area contributed by atoms with Gasteiger partial charge in [-0.15, -0.1) is 0 Å². The molecule has 0 saturated carbocycles. The number of aryl methyl sites for hydroxylation is 1. The van der Waals surface area contributed by atoms with Gasteiger partial charge in [0.2, 0.25) is 0 Å². The average Bonchev–Trinajstić information content (AvgIpc) is 2.01. The molecule has 1 aromatic carbocycles. The lowest BCUT2D eigenvalue weighted by Crippen LogP contribution is -3.00. The van der Waals surface area contributed by atoms with Crippen molar-refractivity contribution in [3.8, 4) is 0 Å². The molecule has 0 aliphatic carbocycles. The van der Waals surface area contributed by atoms with Crippen molar-refractivity contribution in [1.29, 1.82) is 0 Å². The van der Waals surface area contributed by atoms with E-state index in [2.05, 4.69) is 39.5 Å². The Labute approximate surface area is 86.9 Å². The van der Waals surface area contributed by atoms with E-state index in [0.29, 0.717) is 0 Å². The molecular formula is C11H18ClN. The predicted octanol–water partition coefficient (Wildman–Crippen LogP) is 0.635. The first-order chi connectivity index (χ1) is 5.16. The molecule has 1 aromatic rings. The molecule has 0 aliphatic rings. The standard InChI is InChI=1S/C11H14.ClH.H3N/c1-5-11-7-6-8(2)9(3)10(11)4;;/h5-7H,1H2,2-4H3;1H;1H3. The van der Waals surface area contributed by atoms with Gasteiger partial charge in [-0.1, -0.05) is 24.8 Å². The second kappa shape index (κ2) is 5.79. The maximum absolute atomic E-state index is 3.76. The zero-order valence-corrected chi connectivity index (χ0v) is 9.57. The van der Waals surface area contributed by atoms with Gasteiger partial charge in [-0.05, 0) is 43.0 Å². The Morgan fingerprint density at radius 3 is 2.08 bits per heavy atom. The summed E-state index contributed by atoms with van der Waals surface area (Å²) in [5.41, 5.74) is 5.32. The summed E-state index contributed by atoms with van der Waals surface area (Å²) >= 11 is 0. The summed E-state index contributed by atoms with van der Waals surface area (Å²) in [5.74, 6) is 0. The van der Waals surface area contributed by atoms with Crippen molar-refractivity contribution in [2.75, 3.05) is 0 Å². The number of benzene rings is 1. The van der Waals surface area contributed by atoms with E-state index >= 15 is 0 Å². The summed E-state index contributed by atoms with van der Waals surface area (Å²) in [7, 11) is 0. The molecule has 4 N–H and O–H groups in total. The summed E-state index contributed by atoms with van der Waals surface area (Å²) in [4.78, 5) is 0. The van der Waals surface area contributed by atoms with Crippen molar-refractivity contribution >= 4 is 6.08 Å². The maximum atomic E-state index is 3.76. The first-order valence-electron chi connectivity index (χ1n) is 3.86. The third kappa shape index (κ3) is 2.87. The zero-order chi connectivity index (χ0) is 8.43. The fraction of sp³-hybridized carbons (Fsp3) is 0.273. The Kier molecular flexibility index (Phi) is 6.55. The molecular weight excluding hydrogens is 182 g/mol. The smallest absolute Gasteiger partial charge is 0.0230 e. The Morgan fingerprint density at radius 1 is 1.08 bits per heavy atom. The molecule has 0 aromatic heterocycles. The lowest BCUT2D eigenvalue weighted by Gasteiger charge is -2.06. The molecule has 13 heavy (non-hydrogen) atoms. The van der Waals surface area contributed by atoms with Crippen LogP contribution in [0.5, 0.6) is 0 Å². The van der Waals surface area contributed by atoms with Gasteiger partial charge >= 0.3 is 0 Å². The van der Waals surface area contributed by atoms with Gasteiger partial charge < -0.3 is 18.6 Å².